The molecule has 0 rings (SSSR count). The van der Waals surface area contributed by atoms with Crippen LogP contribution < -0.4 is 5.32 Å². The van der Waals surface area contributed by atoms with Crippen molar-refractivity contribution >= 4 is 11.9 Å². The topological polar surface area (TPSA) is 95.9 Å². The predicted molar refractivity (Wildman–Crippen MR) is 306 cm³/mol. The van der Waals surface area contributed by atoms with E-state index in [2.05, 4.69) is 38.2 Å². The summed E-state index contributed by atoms with van der Waals surface area (Å²) >= 11 is 0. The molecule has 3 N–H and O–H groups in total. The highest BCUT2D eigenvalue weighted by atomic mass is 16.5. The number of hydrogen-bond donors (Lipinski definition) is 3. The molecule has 0 bridgehead atoms. The molecule has 0 aromatic carbocycles. The highest BCUT2D eigenvalue weighted by molar-refractivity contribution is 5.77. The zero-order valence-electron chi connectivity index (χ0n) is 47.7. The first kappa shape index (κ1) is 68.6. The lowest BCUT2D eigenvalue weighted by atomic mass is 10.0. The molecule has 0 aromatic heterocycles. The number of carbonyl (C=O) groups excluding carboxylic acids is 2. The van der Waals surface area contributed by atoms with Crippen LogP contribution in [0.4, 0.5) is 0 Å². The van der Waals surface area contributed by atoms with Crippen molar-refractivity contribution in [3.8, 4) is 0 Å². The zero-order chi connectivity index (χ0) is 50.9. The highest BCUT2D eigenvalue weighted by Crippen LogP contribution is 2.20. The second kappa shape index (κ2) is 58.5. The molecule has 0 spiro atoms. The van der Waals surface area contributed by atoms with Crippen molar-refractivity contribution in [1.29, 1.82) is 0 Å². The number of aliphatic hydroxyl groups excluding tert-OH is 2. The molecule has 3 atom stereocenters. The Morgan fingerprint density at radius 1 is 0.400 bits per heavy atom. The second-order valence-electron chi connectivity index (χ2n) is 22.2. The number of aliphatic hydroxyl groups is 2. The van der Waals surface area contributed by atoms with Gasteiger partial charge >= 0.3 is 5.97 Å². The van der Waals surface area contributed by atoms with E-state index in [0.717, 1.165) is 51.4 Å². The van der Waals surface area contributed by atoms with E-state index in [-0.39, 0.29) is 24.9 Å². The monoisotopic (exact) mass is 988 g/mol. The Morgan fingerprint density at radius 3 is 1.01 bits per heavy atom. The quantitative estimate of drug-likeness (QED) is 0.0321. The lowest BCUT2D eigenvalue weighted by molar-refractivity contribution is -0.151. The third kappa shape index (κ3) is 52.9. The van der Waals surface area contributed by atoms with Gasteiger partial charge in [-0.2, -0.15) is 0 Å². The minimum atomic E-state index is -0.785. The van der Waals surface area contributed by atoms with Gasteiger partial charge in [-0.1, -0.05) is 309 Å². The highest BCUT2D eigenvalue weighted by Gasteiger charge is 2.24. The first-order chi connectivity index (χ1) is 34.5. The summed E-state index contributed by atoms with van der Waals surface area (Å²) < 4.78 is 5.99. The summed E-state index contributed by atoms with van der Waals surface area (Å²) in [6.45, 7) is 6.55. The fourth-order valence-corrected chi connectivity index (χ4v) is 10.3. The minimum absolute atomic E-state index is 0.0828. The van der Waals surface area contributed by atoms with E-state index >= 15 is 0 Å². The van der Waals surface area contributed by atoms with Gasteiger partial charge in [0.05, 0.1) is 25.2 Å². The van der Waals surface area contributed by atoms with Gasteiger partial charge in [0.15, 0.2) is 0 Å². The first-order valence-corrected chi connectivity index (χ1v) is 31.9. The van der Waals surface area contributed by atoms with Gasteiger partial charge in [-0.25, -0.2) is 0 Å². The number of unbranched alkanes of at least 4 members (excludes halogenated alkanes) is 45. The van der Waals surface area contributed by atoms with Gasteiger partial charge < -0.3 is 20.3 Å². The Hall–Kier alpha value is -1.40. The summed E-state index contributed by atoms with van der Waals surface area (Å²) in [6, 6.07) is -0.698. The molecule has 0 saturated carbocycles. The summed E-state index contributed by atoms with van der Waals surface area (Å²) in [5.41, 5.74) is 0. The standard InChI is InChI=1S/C64H125NO5/c1-4-7-10-13-16-19-22-25-28-31-33-36-39-42-45-48-51-54-57-64(69)70-60(55-52-49-46-43-40-37-34-30-27-24-21-18-15-12-9-6-3)58-63(68)65-61(59-66)62(67)56-53-50-47-44-41-38-35-32-29-26-23-20-17-14-11-8-5-2/h33,36,60-62,66-67H,4-32,34-35,37-59H2,1-3H3,(H,65,68)/b36-33+. The van der Waals surface area contributed by atoms with E-state index in [1.54, 1.807) is 0 Å². The van der Waals surface area contributed by atoms with Crippen molar-refractivity contribution in [3.63, 3.8) is 0 Å². The van der Waals surface area contributed by atoms with Gasteiger partial charge in [-0.3, -0.25) is 9.59 Å². The molecule has 1 amide bonds. The Morgan fingerprint density at radius 2 is 0.686 bits per heavy atom. The summed E-state index contributed by atoms with van der Waals surface area (Å²) in [5, 5.41) is 24.0. The van der Waals surface area contributed by atoms with Crippen LogP contribution in [0.1, 0.15) is 361 Å². The first-order valence-electron chi connectivity index (χ1n) is 31.9. The molecule has 0 fully saturated rings. The molecular formula is C64H125NO5. The normalized spacial score (nSPS) is 13.0. The number of carbonyl (C=O) groups is 2. The van der Waals surface area contributed by atoms with Crippen molar-refractivity contribution in [3.05, 3.63) is 12.2 Å². The predicted octanol–water partition coefficient (Wildman–Crippen LogP) is 20.0. The van der Waals surface area contributed by atoms with Crippen LogP contribution in [-0.4, -0.2) is 46.9 Å². The molecule has 6 nitrogen and oxygen atoms in total. The van der Waals surface area contributed by atoms with Crippen molar-refractivity contribution < 1.29 is 24.5 Å². The molecule has 3 unspecified atom stereocenters. The lowest BCUT2D eigenvalue weighted by Crippen LogP contribution is -2.46. The van der Waals surface area contributed by atoms with Gasteiger partial charge in [0.25, 0.3) is 0 Å². The SMILES string of the molecule is CCCCCCCCCCC/C=C/CCCCCCCC(=O)OC(CCCCCCCCCCCCCCCCCC)CC(=O)NC(CO)C(O)CCCCCCCCCCCCCCCCCCC. The number of allylic oxidation sites excluding steroid dienone is 2. The maximum Gasteiger partial charge on any atom is 0.306 e. The summed E-state index contributed by atoms with van der Waals surface area (Å²) in [4.78, 5) is 26.4. The van der Waals surface area contributed by atoms with Crippen LogP contribution in [0.2, 0.25) is 0 Å². The number of rotatable bonds is 59. The molecule has 0 saturated heterocycles. The fraction of sp³-hybridized carbons (Fsp3) is 0.938. The molecule has 0 heterocycles. The van der Waals surface area contributed by atoms with Crippen LogP contribution in [0.5, 0.6) is 0 Å². The number of ether oxygens (including phenoxy) is 1. The van der Waals surface area contributed by atoms with Gasteiger partial charge in [0.1, 0.15) is 6.10 Å². The Kier molecular flexibility index (Phi) is 57.3. The van der Waals surface area contributed by atoms with E-state index in [0.29, 0.717) is 19.3 Å². The smallest absolute Gasteiger partial charge is 0.306 e. The van der Waals surface area contributed by atoms with Crippen LogP contribution >= 0.6 is 0 Å². The molecule has 0 aromatic rings. The van der Waals surface area contributed by atoms with Crippen molar-refractivity contribution in [2.75, 3.05) is 6.61 Å². The van der Waals surface area contributed by atoms with E-state index in [1.165, 1.54) is 263 Å². The van der Waals surface area contributed by atoms with E-state index in [1.807, 2.05) is 0 Å². The van der Waals surface area contributed by atoms with Crippen molar-refractivity contribution in [1.82, 2.24) is 5.32 Å². The molecule has 0 aliphatic carbocycles. The number of esters is 1. The summed E-state index contributed by atoms with van der Waals surface area (Å²) in [5.74, 6) is -0.455. The van der Waals surface area contributed by atoms with Crippen LogP contribution in [0.25, 0.3) is 0 Å². The van der Waals surface area contributed by atoms with Crippen LogP contribution in [0.15, 0.2) is 12.2 Å². The minimum Gasteiger partial charge on any atom is -0.462 e. The zero-order valence-corrected chi connectivity index (χ0v) is 47.7. The Balaban J connectivity index is 4.49. The molecule has 0 aliphatic heterocycles. The van der Waals surface area contributed by atoms with Crippen molar-refractivity contribution in [2.24, 2.45) is 0 Å². The number of nitrogens with one attached hydrogen (secondary N) is 1. The van der Waals surface area contributed by atoms with Crippen LogP contribution in [0.3, 0.4) is 0 Å². The average Bonchev–Trinajstić information content (AvgIpc) is 3.35. The van der Waals surface area contributed by atoms with Gasteiger partial charge in [0.2, 0.25) is 5.91 Å². The van der Waals surface area contributed by atoms with E-state index in [9.17, 15) is 19.8 Å². The second-order valence-corrected chi connectivity index (χ2v) is 22.2. The fourth-order valence-electron chi connectivity index (χ4n) is 10.3. The average molecular weight is 989 g/mol. The van der Waals surface area contributed by atoms with Crippen LogP contribution in [-0.2, 0) is 14.3 Å². The maximum atomic E-state index is 13.3. The summed E-state index contributed by atoms with van der Waals surface area (Å²) in [7, 11) is 0. The third-order valence-electron chi connectivity index (χ3n) is 15.1. The van der Waals surface area contributed by atoms with Crippen LogP contribution in [0, 0.1) is 0 Å². The largest absolute Gasteiger partial charge is 0.462 e. The van der Waals surface area contributed by atoms with Gasteiger partial charge in [-0.05, 0) is 51.4 Å². The summed E-state index contributed by atoms with van der Waals surface area (Å²) in [6.07, 6.45) is 68.6. The molecule has 6 heteroatoms. The molecule has 0 radical (unpaired) electrons. The molecular weight excluding hydrogens is 863 g/mol. The van der Waals surface area contributed by atoms with Gasteiger partial charge in [0, 0.05) is 6.42 Å². The maximum absolute atomic E-state index is 13.3. The molecule has 0 aliphatic rings. The molecule has 70 heavy (non-hydrogen) atoms. The third-order valence-corrected chi connectivity index (χ3v) is 15.1. The number of amides is 1. The Bertz CT molecular complexity index is 1060. The van der Waals surface area contributed by atoms with Crippen molar-refractivity contribution in [2.45, 2.75) is 379 Å². The Labute approximate surface area is 438 Å². The van der Waals surface area contributed by atoms with Gasteiger partial charge in [-0.15, -0.1) is 0 Å². The number of hydrogen-bond acceptors (Lipinski definition) is 5. The lowest BCUT2D eigenvalue weighted by Gasteiger charge is -2.24. The molecule has 416 valence electrons. The van der Waals surface area contributed by atoms with E-state index < -0.39 is 18.2 Å². The van der Waals surface area contributed by atoms with E-state index in [4.69, 9.17) is 4.74 Å².